The average molecular weight is 306 g/mol. The van der Waals surface area contributed by atoms with E-state index >= 15 is 0 Å². The Morgan fingerprint density at radius 1 is 1.43 bits per heavy atom. The number of hydrogen-bond acceptors (Lipinski definition) is 3. The topological polar surface area (TPSA) is 46.3 Å². The monoisotopic (exact) mass is 306 g/mol. The maximum Gasteiger partial charge on any atom is 0.255 e. The number of nitrogens with two attached hydrogens (primary N) is 1. The summed E-state index contributed by atoms with van der Waals surface area (Å²) in [7, 11) is 0. The SMILES string of the molecule is CC1CCc2c(C(=O)N3CCC(N)C(C)(C)C3)csc2C1. The second-order valence-corrected chi connectivity index (χ2v) is 8.47. The Hall–Kier alpha value is -0.870. The van der Waals surface area contributed by atoms with Crippen molar-refractivity contribution in [3.8, 4) is 0 Å². The van der Waals surface area contributed by atoms with Crippen molar-refractivity contribution in [2.24, 2.45) is 17.1 Å². The number of fused-ring (bicyclic) bond motifs is 1. The molecule has 0 radical (unpaired) electrons. The van der Waals surface area contributed by atoms with Crippen molar-refractivity contribution in [2.45, 2.75) is 52.5 Å². The first-order valence-corrected chi connectivity index (χ1v) is 8.90. The van der Waals surface area contributed by atoms with Crippen molar-refractivity contribution < 1.29 is 4.79 Å². The second-order valence-electron chi connectivity index (χ2n) is 7.51. The van der Waals surface area contributed by atoms with Gasteiger partial charge in [0.2, 0.25) is 0 Å². The molecule has 1 amide bonds. The van der Waals surface area contributed by atoms with Crippen LogP contribution in [0.5, 0.6) is 0 Å². The zero-order valence-electron chi connectivity index (χ0n) is 13.3. The minimum atomic E-state index is 0.0124. The smallest absolute Gasteiger partial charge is 0.255 e. The lowest BCUT2D eigenvalue weighted by atomic mass is 9.79. The van der Waals surface area contributed by atoms with Crippen LogP contribution < -0.4 is 5.73 Å². The second kappa shape index (κ2) is 5.40. The molecule has 1 aliphatic heterocycles. The van der Waals surface area contributed by atoms with Gasteiger partial charge in [-0.05, 0) is 42.6 Å². The minimum absolute atomic E-state index is 0.0124. The van der Waals surface area contributed by atoms with Crippen LogP contribution in [0.15, 0.2) is 5.38 Å². The Labute approximate surface area is 131 Å². The molecule has 0 spiro atoms. The molecule has 1 fully saturated rings. The summed E-state index contributed by atoms with van der Waals surface area (Å²) >= 11 is 1.78. The zero-order valence-corrected chi connectivity index (χ0v) is 14.1. The summed E-state index contributed by atoms with van der Waals surface area (Å²) in [5.41, 5.74) is 8.49. The normalized spacial score (nSPS) is 28.3. The fourth-order valence-corrected chi connectivity index (χ4v) is 4.81. The van der Waals surface area contributed by atoms with Crippen molar-refractivity contribution in [1.82, 2.24) is 4.90 Å². The molecule has 0 aromatic carbocycles. The number of thiophene rings is 1. The number of piperidine rings is 1. The maximum atomic E-state index is 12.9. The quantitative estimate of drug-likeness (QED) is 0.866. The summed E-state index contributed by atoms with van der Waals surface area (Å²) in [5.74, 6) is 0.980. The molecule has 1 aromatic rings. The van der Waals surface area contributed by atoms with Crippen LogP contribution in [0.4, 0.5) is 0 Å². The summed E-state index contributed by atoms with van der Waals surface area (Å²) < 4.78 is 0. The standard InChI is InChI=1S/C17H26N2OS/c1-11-4-5-12-13(9-21-14(12)8-11)16(20)19-7-6-15(18)17(2,3)10-19/h9,11,15H,4-8,10,18H2,1-3H3. The Morgan fingerprint density at radius 2 is 2.19 bits per heavy atom. The number of carbonyl (C=O) groups excluding carboxylic acids is 1. The van der Waals surface area contributed by atoms with Gasteiger partial charge in [0.1, 0.15) is 0 Å². The van der Waals surface area contributed by atoms with E-state index in [1.807, 2.05) is 4.90 Å². The number of hydrogen-bond donors (Lipinski definition) is 1. The molecule has 0 saturated carbocycles. The van der Waals surface area contributed by atoms with Crippen molar-refractivity contribution in [1.29, 1.82) is 0 Å². The van der Waals surface area contributed by atoms with Gasteiger partial charge in [0.15, 0.2) is 0 Å². The van der Waals surface area contributed by atoms with Crippen LogP contribution >= 0.6 is 11.3 Å². The highest BCUT2D eigenvalue weighted by Gasteiger charge is 2.36. The van der Waals surface area contributed by atoms with Gasteiger partial charge in [0.25, 0.3) is 5.91 Å². The van der Waals surface area contributed by atoms with Crippen LogP contribution in [0.2, 0.25) is 0 Å². The van der Waals surface area contributed by atoms with Gasteiger partial charge in [0, 0.05) is 29.4 Å². The van der Waals surface area contributed by atoms with E-state index in [0.29, 0.717) is 0 Å². The molecule has 21 heavy (non-hydrogen) atoms. The first kappa shape index (κ1) is 15.0. The molecule has 2 aliphatic rings. The molecule has 3 rings (SSSR count). The van der Waals surface area contributed by atoms with Gasteiger partial charge < -0.3 is 10.6 Å². The van der Waals surface area contributed by atoms with Crippen LogP contribution in [0.25, 0.3) is 0 Å². The first-order chi connectivity index (χ1) is 9.88. The lowest BCUT2D eigenvalue weighted by molar-refractivity contribution is 0.0532. The Kier molecular flexibility index (Phi) is 3.87. The lowest BCUT2D eigenvalue weighted by Gasteiger charge is -2.42. The third-order valence-corrected chi connectivity index (χ3v) is 6.28. The van der Waals surface area contributed by atoms with Gasteiger partial charge in [0.05, 0.1) is 5.56 Å². The zero-order chi connectivity index (χ0) is 15.2. The highest BCUT2D eigenvalue weighted by molar-refractivity contribution is 7.10. The molecule has 0 bridgehead atoms. The molecule has 1 saturated heterocycles. The number of rotatable bonds is 1. The van der Waals surface area contributed by atoms with Crippen molar-refractivity contribution in [2.75, 3.05) is 13.1 Å². The van der Waals surface area contributed by atoms with E-state index in [4.69, 9.17) is 5.73 Å². The molecule has 1 aromatic heterocycles. The first-order valence-electron chi connectivity index (χ1n) is 8.02. The Bertz CT molecular complexity index is 549. The van der Waals surface area contributed by atoms with E-state index in [1.54, 1.807) is 11.3 Å². The third kappa shape index (κ3) is 2.76. The summed E-state index contributed by atoms with van der Waals surface area (Å²) in [4.78, 5) is 16.4. The maximum absolute atomic E-state index is 12.9. The predicted molar refractivity (Wildman–Crippen MR) is 87.8 cm³/mol. The van der Waals surface area contributed by atoms with Gasteiger partial charge >= 0.3 is 0 Å². The molecule has 2 atom stereocenters. The van der Waals surface area contributed by atoms with Crippen LogP contribution in [0, 0.1) is 11.3 Å². The molecular weight excluding hydrogens is 280 g/mol. The summed E-state index contributed by atoms with van der Waals surface area (Å²) in [5, 5.41) is 2.09. The van der Waals surface area contributed by atoms with Crippen LogP contribution in [-0.2, 0) is 12.8 Å². The average Bonchev–Trinajstić information content (AvgIpc) is 2.83. The molecule has 116 valence electrons. The van der Waals surface area contributed by atoms with Crippen LogP contribution in [0.3, 0.4) is 0 Å². The van der Waals surface area contributed by atoms with E-state index in [2.05, 4.69) is 26.2 Å². The van der Waals surface area contributed by atoms with Gasteiger partial charge in [-0.1, -0.05) is 20.8 Å². The van der Waals surface area contributed by atoms with E-state index in [0.717, 1.165) is 43.8 Å². The van der Waals surface area contributed by atoms with E-state index in [-0.39, 0.29) is 17.4 Å². The number of amides is 1. The minimum Gasteiger partial charge on any atom is -0.338 e. The van der Waals surface area contributed by atoms with Gasteiger partial charge in [-0.3, -0.25) is 4.79 Å². The molecule has 2 unspecified atom stereocenters. The van der Waals surface area contributed by atoms with E-state index in [1.165, 1.54) is 16.9 Å². The molecule has 4 heteroatoms. The third-order valence-electron chi connectivity index (χ3n) is 5.23. The molecule has 2 N–H and O–H groups in total. The molecular formula is C17H26N2OS. The summed E-state index contributed by atoms with van der Waals surface area (Å²) in [6.07, 6.45) is 4.32. The lowest BCUT2D eigenvalue weighted by Crippen LogP contribution is -2.54. The van der Waals surface area contributed by atoms with E-state index < -0.39 is 0 Å². The Balaban J connectivity index is 1.80. The van der Waals surface area contributed by atoms with Crippen LogP contribution in [-0.4, -0.2) is 29.9 Å². The number of likely N-dealkylation sites (tertiary alicyclic amines) is 1. The van der Waals surface area contributed by atoms with Crippen molar-refractivity contribution in [3.05, 3.63) is 21.4 Å². The predicted octanol–water partition coefficient (Wildman–Crippen LogP) is 3.07. The van der Waals surface area contributed by atoms with E-state index in [9.17, 15) is 4.79 Å². The molecule has 3 nitrogen and oxygen atoms in total. The fourth-order valence-electron chi connectivity index (χ4n) is 3.57. The largest absolute Gasteiger partial charge is 0.338 e. The summed E-state index contributed by atoms with van der Waals surface area (Å²) in [6.45, 7) is 8.21. The summed E-state index contributed by atoms with van der Waals surface area (Å²) in [6, 6.07) is 0.193. The van der Waals surface area contributed by atoms with Crippen molar-refractivity contribution >= 4 is 17.2 Å². The van der Waals surface area contributed by atoms with Gasteiger partial charge in [-0.25, -0.2) is 0 Å². The van der Waals surface area contributed by atoms with Gasteiger partial charge in [-0.2, -0.15) is 0 Å². The molecule has 2 heterocycles. The fraction of sp³-hybridized carbons (Fsp3) is 0.706. The van der Waals surface area contributed by atoms with Crippen molar-refractivity contribution in [3.63, 3.8) is 0 Å². The highest BCUT2D eigenvalue weighted by atomic mass is 32.1. The molecule has 1 aliphatic carbocycles. The number of carbonyl (C=O) groups is 1. The Morgan fingerprint density at radius 3 is 2.90 bits per heavy atom. The number of nitrogens with zero attached hydrogens (tertiary/aromatic N) is 1. The van der Waals surface area contributed by atoms with Crippen LogP contribution in [0.1, 0.15) is 54.4 Å². The highest BCUT2D eigenvalue weighted by Crippen LogP contribution is 2.35. The van der Waals surface area contributed by atoms with Gasteiger partial charge in [-0.15, -0.1) is 11.3 Å².